The number of rotatable bonds is 4. The van der Waals surface area contributed by atoms with Gasteiger partial charge in [-0.15, -0.1) is 0 Å². The summed E-state index contributed by atoms with van der Waals surface area (Å²) in [5, 5.41) is 11.6. The normalized spacial score (nSPS) is 16.4. The molecular formula is C10H15N3O2S. The van der Waals surface area contributed by atoms with Gasteiger partial charge in [0.25, 0.3) is 0 Å². The van der Waals surface area contributed by atoms with Crippen LogP contribution >= 0.6 is 11.8 Å². The highest BCUT2D eigenvalue weighted by Crippen LogP contribution is 2.18. The van der Waals surface area contributed by atoms with Gasteiger partial charge in [0.1, 0.15) is 0 Å². The van der Waals surface area contributed by atoms with Crippen molar-refractivity contribution in [2.24, 2.45) is 0 Å². The quantitative estimate of drug-likeness (QED) is 0.802. The standard InChI is InChI=1S/C10H15N3O2S/c14-9(15)8-16-10-11-4-7-13(10)12-5-2-1-3-6-12/h4,7H,1-3,5-6,8H2,(H,14,15). The van der Waals surface area contributed by atoms with E-state index in [0.717, 1.165) is 18.2 Å². The third kappa shape index (κ3) is 2.69. The van der Waals surface area contributed by atoms with Crippen LogP contribution in [0.3, 0.4) is 0 Å². The molecule has 16 heavy (non-hydrogen) atoms. The largest absolute Gasteiger partial charge is 0.481 e. The van der Waals surface area contributed by atoms with Crippen LogP contribution in [0.25, 0.3) is 0 Å². The maximum atomic E-state index is 10.5. The topological polar surface area (TPSA) is 58.4 Å². The summed E-state index contributed by atoms with van der Waals surface area (Å²) in [7, 11) is 0. The summed E-state index contributed by atoms with van der Waals surface area (Å²) in [4.78, 5) is 14.7. The number of thioether (sulfide) groups is 1. The molecule has 2 heterocycles. The van der Waals surface area contributed by atoms with Gasteiger partial charge in [-0.25, -0.2) is 9.66 Å². The van der Waals surface area contributed by atoms with Crippen LogP contribution in [0.4, 0.5) is 0 Å². The Morgan fingerprint density at radius 1 is 1.44 bits per heavy atom. The van der Waals surface area contributed by atoms with Crippen molar-refractivity contribution in [3.8, 4) is 0 Å². The third-order valence-corrected chi connectivity index (χ3v) is 3.49. The lowest BCUT2D eigenvalue weighted by molar-refractivity contribution is -0.133. The Morgan fingerprint density at radius 3 is 2.88 bits per heavy atom. The maximum absolute atomic E-state index is 10.5. The van der Waals surface area contributed by atoms with Gasteiger partial charge in [-0.2, -0.15) is 0 Å². The lowest BCUT2D eigenvalue weighted by Crippen LogP contribution is -2.39. The van der Waals surface area contributed by atoms with Crippen LogP contribution in [0.5, 0.6) is 0 Å². The van der Waals surface area contributed by atoms with Crippen LogP contribution in [-0.4, -0.2) is 39.6 Å². The minimum absolute atomic E-state index is 0.0604. The van der Waals surface area contributed by atoms with E-state index in [9.17, 15) is 4.79 Å². The molecule has 0 spiro atoms. The van der Waals surface area contributed by atoms with E-state index in [1.807, 2.05) is 10.9 Å². The van der Waals surface area contributed by atoms with Crippen molar-refractivity contribution in [1.82, 2.24) is 9.66 Å². The summed E-state index contributed by atoms with van der Waals surface area (Å²) >= 11 is 1.27. The second-order valence-electron chi connectivity index (χ2n) is 3.75. The molecule has 1 aromatic rings. The molecule has 0 aromatic carbocycles. The van der Waals surface area contributed by atoms with Crippen molar-refractivity contribution >= 4 is 17.7 Å². The molecule has 0 saturated carbocycles. The van der Waals surface area contributed by atoms with E-state index < -0.39 is 5.97 Å². The number of aromatic nitrogens is 2. The Morgan fingerprint density at radius 2 is 2.19 bits per heavy atom. The van der Waals surface area contributed by atoms with E-state index >= 15 is 0 Å². The second kappa shape index (κ2) is 5.25. The summed E-state index contributed by atoms with van der Waals surface area (Å²) in [5.41, 5.74) is 0. The molecule has 6 heteroatoms. The van der Waals surface area contributed by atoms with Gasteiger partial charge in [-0.3, -0.25) is 4.79 Å². The predicted octanol–water partition coefficient (Wildman–Crippen LogP) is 1.18. The van der Waals surface area contributed by atoms with Gasteiger partial charge in [0, 0.05) is 25.5 Å². The molecule has 88 valence electrons. The first-order chi connectivity index (χ1) is 7.77. The summed E-state index contributed by atoms with van der Waals surface area (Å²) in [6, 6.07) is 0. The van der Waals surface area contributed by atoms with Crippen LogP contribution in [-0.2, 0) is 4.79 Å². The smallest absolute Gasteiger partial charge is 0.313 e. The van der Waals surface area contributed by atoms with E-state index in [1.54, 1.807) is 6.20 Å². The summed E-state index contributed by atoms with van der Waals surface area (Å²) in [5.74, 6) is -0.747. The van der Waals surface area contributed by atoms with Crippen molar-refractivity contribution in [2.75, 3.05) is 23.9 Å². The summed E-state index contributed by atoms with van der Waals surface area (Å²) < 4.78 is 1.98. The zero-order valence-corrected chi connectivity index (χ0v) is 9.82. The van der Waals surface area contributed by atoms with Crippen molar-refractivity contribution < 1.29 is 9.90 Å². The fourth-order valence-corrected chi connectivity index (χ4v) is 2.52. The second-order valence-corrected chi connectivity index (χ2v) is 4.69. The fourth-order valence-electron chi connectivity index (χ4n) is 1.82. The number of nitrogens with zero attached hydrogens (tertiary/aromatic N) is 3. The molecular weight excluding hydrogens is 226 g/mol. The highest BCUT2D eigenvalue weighted by atomic mass is 32.2. The van der Waals surface area contributed by atoms with Crippen molar-refractivity contribution in [2.45, 2.75) is 24.4 Å². The molecule has 1 aromatic heterocycles. The lowest BCUT2D eigenvalue weighted by Gasteiger charge is -2.30. The van der Waals surface area contributed by atoms with E-state index in [-0.39, 0.29) is 5.75 Å². The van der Waals surface area contributed by atoms with Gasteiger partial charge in [-0.1, -0.05) is 11.8 Å². The number of carbonyl (C=O) groups is 1. The summed E-state index contributed by atoms with van der Waals surface area (Å²) in [6.07, 6.45) is 7.29. The van der Waals surface area contributed by atoms with Crippen LogP contribution in [0.15, 0.2) is 17.6 Å². The lowest BCUT2D eigenvalue weighted by atomic mass is 10.2. The van der Waals surface area contributed by atoms with Gasteiger partial charge in [0.2, 0.25) is 0 Å². The first-order valence-corrected chi connectivity index (χ1v) is 6.39. The van der Waals surface area contributed by atoms with Gasteiger partial charge in [-0.05, 0) is 19.3 Å². The monoisotopic (exact) mass is 241 g/mol. The van der Waals surface area contributed by atoms with Gasteiger partial charge >= 0.3 is 5.97 Å². The number of carboxylic acid groups (broad SMARTS) is 1. The Kier molecular flexibility index (Phi) is 3.71. The highest BCUT2D eigenvalue weighted by molar-refractivity contribution is 7.99. The molecule has 2 rings (SSSR count). The van der Waals surface area contributed by atoms with Crippen molar-refractivity contribution in [1.29, 1.82) is 0 Å². The van der Waals surface area contributed by atoms with Gasteiger partial charge in [0.15, 0.2) is 5.16 Å². The van der Waals surface area contributed by atoms with Crippen molar-refractivity contribution in [3.05, 3.63) is 12.4 Å². The minimum Gasteiger partial charge on any atom is -0.481 e. The molecule has 0 radical (unpaired) electrons. The van der Waals surface area contributed by atoms with E-state index in [0.29, 0.717) is 0 Å². The molecule has 0 atom stereocenters. The SMILES string of the molecule is O=C(O)CSc1nccn1N1CCCCC1. The molecule has 0 aliphatic carbocycles. The van der Waals surface area contributed by atoms with Gasteiger partial charge < -0.3 is 10.1 Å². The number of hydrogen-bond acceptors (Lipinski definition) is 4. The number of hydrogen-bond donors (Lipinski definition) is 1. The van der Waals surface area contributed by atoms with Crippen LogP contribution < -0.4 is 5.01 Å². The fraction of sp³-hybridized carbons (Fsp3) is 0.600. The molecule has 5 nitrogen and oxygen atoms in total. The van der Waals surface area contributed by atoms with Crippen molar-refractivity contribution in [3.63, 3.8) is 0 Å². The zero-order valence-electron chi connectivity index (χ0n) is 9.00. The number of carboxylic acids is 1. The first-order valence-electron chi connectivity index (χ1n) is 5.40. The molecule has 1 N–H and O–H groups in total. The summed E-state index contributed by atoms with van der Waals surface area (Å²) in [6.45, 7) is 2.05. The average molecular weight is 241 g/mol. The number of aliphatic carboxylic acids is 1. The Bertz CT molecular complexity index is 361. The van der Waals surface area contributed by atoms with Crippen LogP contribution in [0.1, 0.15) is 19.3 Å². The average Bonchev–Trinajstić information content (AvgIpc) is 2.75. The zero-order chi connectivity index (χ0) is 11.4. The van der Waals surface area contributed by atoms with Gasteiger partial charge in [0.05, 0.1) is 5.75 Å². The Labute approximate surface area is 98.4 Å². The molecule has 1 aliphatic heterocycles. The Hall–Kier alpha value is -1.17. The molecule has 0 bridgehead atoms. The van der Waals surface area contributed by atoms with E-state index in [4.69, 9.17) is 5.11 Å². The first kappa shape index (κ1) is 11.3. The highest BCUT2D eigenvalue weighted by Gasteiger charge is 2.14. The molecule has 0 amide bonds. The van der Waals surface area contributed by atoms with E-state index in [1.165, 1.54) is 31.0 Å². The molecule has 1 saturated heterocycles. The number of imidazole rings is 1. The maximum Gasteiger partial charge on any atom is 0.313 e. The third-order valence-electron chi connectivity index (χ3n) is 2.55. The molecule has 1 fully saturated rings. The minimum atomic E-state index is -0.807. The molecule has 0 unspecified atom stereocenters. The molecule has 1 aliphatic rings. The van der Waals surface area contributed by atoms with Crippen LogP contribution in [0, 0.1) is 0 Å². The Balaban J connectivity index is 2.02. The van der Waals surface area contributed by atoms with E-state index in [2.05, 4.69) is 9.99 Å². The predicted molar refractivity (Wildman–Crippen MR) is 62.4 cm³/mol. The number of piperidine rings is 1. The van der Waals surface area contributed by atoms with Crippen LogP contribution in [0.2, 0.25) is 0 Å².